The third-order valence-corrected chi connectivity index (χ3v) is 8.32. The second-order valence-electron chi connectivity index (χ2n) is 9.65. The van der Waals surface area contributed by atoms with Gasteiger partial charge in [0.25, 0.3) is 0 Å². The Morgan fingerprint density at radius 2 is 2.12 bits per heavy atom. The fourth-order valence-electron chi connectivity index (χ4n) is 6.68. The lowest BCUT2D eigenvalue weighted by molar-refractivity contribution is -0.134. The average molecular weight is 349 g/mol. The lowest BCUT2D eigenvalue weighted by atomic mass is 9.60. The Hall–Kier alpha value is -0.630. The van der Waals surface area contributed by atoms with Crippen LogP contribution in [0, 0.1) is 29.1 Å². The van der Waals surface area contributed by atoms with Crippen LogP contribution in [-0.2, 0) is 9.53 Å². The second-order valence-corrected chi connectivity index (χ2v) is 9.65. The maximum absolute atomic E-state index is 12.2. The third-order valence-electron chi connectivity index (χ3n) is 8.32. The van der Waals surface area contributed by atoms with Crippen LogP contribution in [0.25, 0.3) is 0 Å². The molecule has 2 heteroatoms. The largest absolute Gasteiger partial charge is 0.371 e. The average Bonchev–Trinajstić information content (AvgIpc) is 3.09. The number of rotatable bonds is 5. The van der Waals surface area contributed by atoms with E-state index in [1.165, 1.54) is 44.9 Å². The molecule has 3 rings (SSSR count). The highest BCUT2D eigenvalue weighted by atomic mass is 16.5. The summed E-state index contributed by atoms with van der Waals surface area (Å²) >= 11 is 0. The standard InChI is InChI=1S/C23H38O2.H2/c1-6-18-8-7-13-22(3)19(11-12-20(18)22)16(2)9-10-17-14-21(24)23(4,15-17)25-5;/h6,16-17,19-20H,7-15H2,1-5H3;1H/b18-6+;/t16-,17?,19-,20?,22-,23?;/m1./s1. The highest BCUT2D eigenvalue weighted by Gasteiger charge is 2.50. The highest BCUT2D eigenvalue weighted by Crippen LogP contribution is 2.60. The van der Waals surface area contributed by atoms with Gasteiger partial charge in [-0.1, -0.05) is 31.9 Å². The van der Waals surface area contributed by atoms with Crippen LogP contribution in [0.4, 0.5) is 0 Å². The van der Waals surface area contributed by atoms with Crippen molar-refractivity contribution in [2.24, 2.45) is 29.1 Å². The zero-order valence-corrected chi connectivity index (χ0v) is 17.1. The molecule has 0 aromatic carbocycles. The molecule has 0 heterocycles. The maximum atomic E-state index is 12.2. The smallest absolute Gasteiger partial charge is 0.164 e. The summed E-state index contributed by atoms with van der Waals surface area (Å²) in [5.41, 5.74) is 1.75. The fraction of sp³-hybridized carbons (Fsp3) is 0.870. The predicted octanol–water partition coefficient (Wildman–Crippen LogP) is 6.20. The first kappa shape index (κ1) is 19.1. The number of methoxy groups -OCH3 is 1. The number of ketones is 1. The Kier molecular flexibility index (Phi) is 5.49. The van der Waals surface area contributed by atoms with E-state index >= 15 is 0 Å². The van der Waals surface area contributed by atoms with Crippen LogP contribution in [0.3, 0.4) is 0 Å². The van der Waals surface area contributed by atoms with Gasteiger partial charge >= 0.3 is 0 Å². The van der Waals surface area contributed by atoms with E-state index in [1.54, 1.807) is 12.7 Å². The SMILES string of the molecule is C/C=C1\CCC[C@@]2(C)C1CC[C@@H]2[C@H](C)CCC1CC(=O)C(C)(OC)C1.[HH]. The molecular weight excluding hydrogens is 308 g/mol. The van der Waals surface area contributed by atoms with Crippen molar-refractivity contribution in [3.05, 3.63) is 11.6 Å². The molecule has 3 fully saturated rings. The second kappa shape index (κ2) is 7.18. The minimum Gasteiger partial charge on any atom is -0.371 e. The first-order valence-electron chi connectivity index (χ1n) is 10.6. The topological polar surface area (TPSA) is 26.3 Å². The van der Waals surface area contributed by atoms with Crippen molar-refractivity contribution >= 4 is 5.78 Å². The molecule has 0 N–H and O–H groups in total. The van der Waals surface area contributed by atoms with Gasteiger partial charge in [0.15, 0.2) is 5.78 Å². The van der Waals surface area contributed by atoms with Crippen molar-refractivity contribution < 1.29 is 11.0 Å². The zero-order valence-electron chi connectivity index (χ0n) is 17.1. The summed E-state index contributed by atoms with van der Waals surface area (Å²) in [7, 11) is 1.68. The molecule has 0 bridgehead atoms. The quantitative estimate of drug-likeness (QED) is 0.553. The number of carbonyl (C=O) groups is 1. The molecule has 0 spiro atoms. The van der Waals surface area contributed by atoms with Crippen LogP contribution in [0.2, 0.25) is 0 Å². The van der Waals surface area contributed by atoms with E-state index in [2.05, 4.69) is 26.8 Å². The summed E-state index contributed by atoms with van der Waals surface area (Å²) in [5.74, 6) is 3.31. The van der Waals surface area contributed by atoms with E-state index in [9.17, 15) is 4.79 Å². The molecule has 0 aromatic rings. The molecule has 0 radical (unpaired) electrons. The minimum absolute atomic E-state index is 0. The lowest BCUT2D eigenvalue weighted by Gasteiger charge is -2.44. The van der Waals surface area contributed by atoms with Crippen LogP contribution in [0.5, 0.6) is 0 Å². The molecule has 0 aromatic heterocycles. The van der Waals surface area contributed by atoms with Gasteiger partial charge in [0, 0.05) is 15.0 Å². The van der Waals surface area contributed by atoms with E-state index < -0.39 is 5.60 Å². The van der Waals surface area contributed by atoms with Gasteiger partial charge in [-0.05, 0) is 87.9 Å². The number of hydrogen-bond acceptors (Lipinski definition) is 2. The third kappa shape index (κ3) is 3.36. The van der Waals surface area contributed by atoms with E-state index in [4.69, 9.17) is 4.74 Å². The van der Waals surface area contributed by atoms with Gasteiger partial charge in [0.1, 0.15) is 5.60 Å². The molecule has 0 saturated heterocycles. The van der Waals surface area contributed by atoms with Crippen LogP contribution in [0.1, 0.15) is 86.9 Å². The van der Waals surface area contributed by atoms with Crippen molar-refractivity contribution in [2.75, 3.05) is 7.11 Å². The highest BCUT2D eigenvalue weighted by molar-refractivity contribution is 5.89. The Morgan fingerprint density at radius 1 is 1.36 bits per heavy atom. The molecule has 0 aliphatic heterocycles. The molecule has 3 aliphatic carbocycles. The maximum Gasteiger partial charge on any atom is 0.164 e. The van der Waals surface area contributed by atoms with Crippen LogP contribution in [0.15, 0.2) is 11.6 Å². The summed E-state index contributed by atoms with van der Waals surface area (Å²) in [6.45, 7) is 9.27. The van der Waals surface area contributed by atoms with E-state index in [-0.39, 0.29) is 1.43 Å². The van der Waals surface area contributed by atoms with Gasteiger partial charge in [-0.25, -0.2) is 0 Å². The van der Waals surface area contributed by atoms with Gasteiger partial charge in [-0.3, -0.25) is 4.79 Å². The summed E-state index contributed by atoms with van der Waals surface area (Å²) in [6, 6.07) is 0. The van der Waals surface area contributed by atoms with E-state index in [0.29, 0.717) is 17.1 Å². The zero-order chi connectivity index (χ0) is 18.2. The van der Waals surface area contributed by atoms with Gasteiger partial charge < -0.3 is 4.74 Å². The summed E-state index contributed by atoms with van der Waals surface area (Å²) in [4.78, 5) is 12.2. The van der Waals surface area contributed by atoms with Crippen molar-refractivity contribution in [3.63, 3.8) is 0 Å². The first-order valence-corrected chi connectivity index (χ1v) is 10.6. The number of allylic oxidation sites excluding steroid dienone is 2. The normalized spacial score (nSPS) is 44.3. The predicted molar refractivity (Wildman–Crippen MR) is 106 cm³/mol. The molecule has 6 atom stereocenters. The Balaban J connectivity index is 0.00000243. The monoisotopic (exact) mass is 348 g/mol. The van der Waals surface area contributed by atoms with Gasteiger partial charge in [-0.15, -0.1) is 0 Å². The molecule has 3 aliphatic rings. The number of fused-ring (bicyclic) bond motifs is 1. The summed E-state index contributed by atoms with van der Waals surface area (Å²) < 4.78 is 5.50. The van der Waals surface area contributed by atoms with Crippen molar-refractivity contribution in [1.29, 1.82) is 0 Å². The van der Waals surface area contributed by atoms with Crippen LogP contribution < -0.4 is 0 Å². The molecular formula is C23H40O2. The van der Waals surface area contributed by atoms with Crippen LogP contribution in [-0.4, -0.2) is 18.5 Å². The molecule has 0 amide bonds. The Labute approximate surface area is 156 Å². The Bertz CT molecular complexity index is 542. The number of Topliss-reactive ketones (excluding diaryl/α,β-unsaturated/α-hetero) is 1. The molecule has 3 saturated carbocycles. The van der Waals surface area contributed by atoms with Crippen LogP contribution >= 0.6 is 0 Å². The van der Waals surface area contributed by atoms with Crippen molar-refractivity contribution in [2.45, 2.75) is 91.1 Å². The van der Waals surface area contributed by atoms with E-state index in [1.807, 2.05) is 6.92 Å². The molecule has 3 unspecified atom stereocenters. The fourth-order valence-corrected chi connectivity index (χ4v) is 6.68. The van der Waals surface area contributed by atoms with Gasteiger partial charge in [-0.2, -0.15) is 0 Å². The molecule has 144 valence electrons. The number of hydrogen-bond donors (Lipinski definition) is 0. The summed E-state index contributed by atoms with van der Waals surface area (Å²) in [6.07, 6.45) is 13.4. The summed E-state index contributed by atoms with van der Waals surface area (Å²) in [5, 5.41) is 0. The lowest BCUT2D eigenvalue weighted by Crippen LogP contribution is -2.36. The molecule has 2 nitrogen and oxygen atoms in total. The first-order chi connectivity index (χ1) is 11.8. The van der Waals surface area contributed by atoms with Gasteiger partial charge in [0.05, 0.1) is 0 Å². The number of ether oxygens (including phenoxy) is 1. The molecule has 25 heavy (non-hydrogen) atoms. The van der Waals surface area contributed by atoms with Crippen molar-refractivity contribution in [1.82, 2.24) is 0 Å². The van der Waals surface area contributed by atoms with Gasteiger partial charge in [0.2, 0.25) is 0 Å². The minimum atomic E-state index is -0.511. The number of carbonyl (C=O) groups excluding carboxylic acids is 1. The Morgan fingerprint density at radius 3 is 2.76 bits per heavy atom. The van der Waals surface area contributed by atoms with Crippen molar-refractivity contribution in [3.8, 4) is 0 Å². The van der Waals surface area contributed by atoms with E-state index in [0.717, 1.165) is 30.6 Å².